The van der Waals surface area contributed by atoms with E-state index in [9.17, 15) is 9.59 Å². The molecule has 1 aliphatic heterocycles. The highest BCUT2D eigenvalue weighted by Crippen LogP contribution is 2.20. The Morgan fingerprint density at radius 2 is 2.32 bits per heavy atom. The molecule has 1 N–H and O–H groups in total. The number of piperazine rings is 1. The molecule has 0 radical (unpaired) electrons. The Kier molecular flexibility index (Phi) is 4.16. The molecule has 0 spiro atoms. The number of carbonyl (C=O) groups is 2. The summed E-state index contributed by atoms with van der Waals surface area (Å²) in [7, 11) is 1.62. The first-order chi connectivity index (χ1) is 9.17. The van der Waals surface area contributed by atoms with Crippen LogP contribution in [0, 0.1) is 0 Å². The lowest BCUT2D eigenvalue weighted by Gasteiger charge is -2.33. The molecule has 2 rings (SSSR count). The molecule has 1 aromatic rings. The Bertz CT molecular complexity index is 471. The second-order valence-corrected chi connectivity index (χ2v) is 4.36. The average molecular weight is 266 g/mol. The van der Waals surface area contributed by atoms with Crippen molar-refractivity contribution in [2.24, 2.45) is 0 Å². The zero-order valence-corrected chi connectivity index (χ0v) is 11.1. The van der Waals surface area contributed by atoms with Crippen LogP contribution in [0.15, 0.2) is 12.4 Å². The smallest absolute Gasteiger partial charge is 0.247 e. The molecule has 19 heavy (non-hydrogen) atoms. The number of rotatable bonds is 5. The summed E-state index contributed by atoms with van der Waals surface area (Å²) in [6, 6.07) is -0.457. The van der Waals surface area contributed by atoms with Crippen LogP contribution < -0.4 is 10.2 Å². The maximum absolute atomic E-state index is 12.0. The molecule has 1 fully saturated rings. The Hall–Kier alpha value is -1.89. The lowest BCUT2D eigenvalue weighted by Crippen LogP contribution is -2.58. The molecule has 1 aromatic heterocycles. The molecule has 0 saturated carbocycles. The van der Waals surface area contributed by atoms with Crippen LogP contribution in [0.5, 0.6) is 0 Å². The first kappa shape index (κ1) is 13.5. The molecule has 1 saturated heterocycles. The molecular formula is C12H18N4O3. The van der Waals surface area contributed by atoms with E-state index in [1.807, 2.05) is 6.92 Å². The van der Waals surface area contributed by atoms with E-state index in [1.54, 1.807) is 24.2 Å². The summed E-state index contributed by atoms with van der Waals surface area (Å²) < 4.78 is 6.68. The third kappa shape index (κ3) is 2.76. The number of nitrogens with one attached hydrogen (secondary N) is 1. The van der Waals surface area contributed by atoms with Gasteiger partial charge in [-0.1, -0.05) is 6.92 Å². The van der Waals surface area contributed by atoms with E-state index in [-0.39, 0.29) is 18.4 Å². The van der Waals surface area contributed by atoms with Gasteiger partial charge in [0, 0.05) is 13.3 Å². The largest absolute Gasteiger partial charge is 0.383 e. The average Bonchev–Trinajstić information content (AvgIpc) is 2.87. The van der Waals surface area contributed by atoms with E-state index in [0.29, 0.717) is 25.3 Å². The maximum atomic E-state index is 12.0. The highest BCUT2D eigenvalue weighted by atomic mass is 16.5. The lowest BCUT2D eigenvalue weighted by atomic mass is 10.1. The van der Waals surface area contributed by atoms with Gasteiger partial charge in [0.25, 0.3) is 0 Å². The third-order valence-corrected chi connectivity index (χ3v) is 3.11. The van der Waals surface area contributed by atoms with Gasteiger partial charge in [-0.15, -0.1) is 0 Å². The Morgan fingerprint density at radius 1 is 1.53 bits per heavy atom. The Balaban J connectivity index is 2.19. The number of aromatic nitrogens is 2. The number of anilines is 1. The van der Waals surface area contributed by atoms with E-state index in [4.69, 9.17) is 4.74 Å². The molecule has 1 atom stereocenters. The van der Waals surface area contributed by atoms with Crippen LogP contribution >= 0.6 is 0 Å². The minimum atomic E-state index is -0.457. The standard InChI is InChI=1S/C12H18N4O3/c1-3-10-12(18)13-7-11(17)16(10)9-6-14-15(8-9)4-5-19-2/h6,8,10H,3-5,7H2,1-2H3,(H,13,18). The maximum Gasteiger partial charge on any atom is 0.247 e. The van der Waals surface area contributed by atoms with Crippen molar-refractivity contribution in [2.75, 3.05) is 25.2 Å². The van der Waals surface area contributed by atoms with E-state index in [1.165, 1.54) is 4.90 Å². The lowest BCUT2D eigenvalue weighted by molar-refractivity contribution is -0.131. The predicted molar refractivity (Wildman–Crippen MR) is 68.7 cm³/mol. The van der Waals surface area contributed by atoms with Crippen molar-refractivity contribution in [1.29, 1.82) is 0 Å². The second-order valence-electron chi connectivity index (χ2n) is 4.36. The molecule has 1 aliphatic rings. The zero-order chi connectivity index (χ0) is 13.8. The van der Waals surface area contributed by atoms with Gasteiger partial charge < -0.3 is 10.1 Å². The minimum Gasteiger partial charge on any atom is -0.383 e. The van der Waals surface area contributed by atoms with Crippen LogP contribution in [0.2, 0.25) is 0 Å². The topological polar surface area (TPSA) is 76.5 Å². The summed E-state index contributed by atoms with van der Waals surface area (Å²) >= 11 is 0. The van der Waals surface area contributed by atoms with Gasteiger partial charge in [-0.25, -0.2) is 0 Å². The number of methoxy groups -OCH3 is 1. The highest BCUT2D eigenvalue weighted by molar-refractivity contribution is 6.06. The van der Waals surface area contributed by atoms with Crippen molar-refractivity contribution in [3.05, 3.63) is 12.4 Å². The van der Waals surface area contributed by atoms with Crippen molar-refractivity contribution < 1.29 is 14.3 Å². The molecule has 104 valence electrons. The normalized spacial score (nSPS) is 19.7. The molecule has 7 nitrogen and oxygen atoms in total. The predicted octanol–water partition coefficient (Wildman–Crippen LogP) is -0.229. The molecular weight excluding hydrogens is 248 g/mol. The van der Waals surface area contributed by atoms with Crippen molar-refractivity contribution in [3.63, 3.8) is 0 Å². The van der Waals surface area contributed by atoms with Gasteiger partial charge in [-0.2, -0.15) is 5.10 Å². The van der Waals surface area contributed by atoms with Crippen molar-refractivity contribution in [2.45, 2.75) is 25.9 Å². The molecule has 7 heteroatoms. The summed E-state index contributed by atoms with van der Waals surface area (Å²) in [6.45, 7) is 3.08. The van der Waals surface area contributed by atoms with Gasteiger partial charge in [0.1, 0.15) is 6.04 Å². The first-order valence-electron chi connectivity index (χ1n) is 6.28. The summed E-state index contributed by atoms with van der Waals surface area (Å²) in [4.78, 5) is 25.3. The van der Waals surface area contributed by atoms with E-state index < -0.39 is 6.04 Å². The van der Waals surface area contributed by atoms with Crippen molar-refractivity contribution in [3.8, 4) is 0 Å². The van der Waals surface area contributed by atoms with Gasteiger partial charge in [-0.3, -0.25) is 19.2 Å². The van der Waals surface area contributed by atoms with Crippen LogP contribution in [0.3, 0.4) is 0 Å². The fraction of sp³-hybridized carbons (Fsp3) is 0.583. The van der Waals surface area contributed by atoms with E-state index >= 15 is 0 Å². The molecule has 2 heterocycles. The minimum absolute atomic E-state index is 0.0403. The van der Waals surface area contributed by atoms with Crippen LogP contribution in [0.4, 0.5) is 5.69 Å². The fourth-order valence-corrected chi connectivity index (χ4v) is 2.13. The van der Waals surface area contributed by atoms with E-state index in [0.717, 1.165) is 0 Å². The zero-order valence-electron chi connectivity index (χ0n) is 11.1. The van der Waals surface area contributed by atoms with Crippen LogP contribution in [-0.2, 0) is 20.9 Å². The number of hydrogen-bond acceptors (Lipinski definition) is 4. The quantitative estimate of drug-likeness (QED) is 0.798. The monoisotopic (exact) mass is 266 g/mol. The Labute approximate surface area is 111 Å². The summed E-state index contributed by atoms with van der Waals surface area (Å²) in [5.41, 5.74) is 0.655. The number of ether oxygens (including phenoxy) is 1. The fourth-order valence-electron chi connectivity index (χ4n) is 2.13. The SMILES string of the molecule is CCC1C(=O)NCC(=O)N1c1cnn(CCOC)c1. The van der Waals surface area contributed by atoms with Gasteiger partial charge in [-0.05, 0) is 6.42 Å². The van der Waals surface area contributed by atoms with Crippen LogP contribution in [0.25, 0.3) is 0 Å². The first-order valence-corrected chi connectivity index (χ1v) is 6.28. The molecule has 0 bridgehead atoms. The Morgan fingerprint density at radius 3 is 3.00 bits per heavy atom. The summed E-state index contributed by atoms with van der Waals surface area (Å²) in [6.07, 6.45) is 3.94. The van der Waals surface area contributed by atoms with Crippen molar-refractivity contribution >= 4 is 17.5 Å². The van der Waals surface area contributed by atoms with Crippen molar-refractivity contribution in [1.82, 2.24) is 15.1 Å². The van der Waals surface area contributed by atoms with Crippen LogP contribution in [0.1, 0.15) is 13.3 Å². The summed E-state index contributed by atoms with van der Waals surface area (Å²) in [5, 5.41) is 6.76. The molecule has 1 unspecified atom stereocenters. The van der Waals surface area contributed by atoms with Gasteiger partial charge in [0.2, 0.25) is 11.8 Å². The molecule has 0 aromatic carbocycles. The second kappa shape index (κ2) is 5.83. The number of nitrogens with zero attached hydrogens (tertiary/aromatic N) is 3. The number of hydrogen-bond donors (Lipinski definition) is 1. The van der Waals surface area contributed by atoms with Gasteiger partial charge >= 0.3 is 0 Å². The third-order valence-electron chi connectivity index (χ3n) is 3.11. The molecule has 0 aliphatic carbocycles. The van der Waals surface area contributed by atoms with Crippen LogP contribution in [-0.4, -0.2) is 47.9 Å². The molecule has 2 amide bonds. The van der Waals surface area contributed by atoms with E-state index in [2.05, 4.69) is 10.4 Å². The highest BCUT2D eigenvalue weighted by Gasteiger charge is 2.34. The number of amides is 2. The number of carbonyl (C=O) groups excluding carboxylic acids is 2. The van der Waals surface area contributed by atoms with Gasteiger partial charge in [0.15, 0.2) is 0 Å². The van der Waals surface area contributed by atoms with Gasteiger partial charge in [0.05, 0.1) is 31.6 Å². The summed E-state index contributed by atoms with van der Waals surface area (Å²) in [5.74, 6) is -0.232.